The number of hydrogen-bond acceptors (Lipinski definition) is 3. The Hall–Kier alpha value is -1.07. The zero-order chi connectivity index (χ0) is 14.4. The average molecular weight is 328 g/mol. The molecular weight excluding hydrogens is 306 g/mol. The molecule has 0 radical (unpaired) electrons. The fourth-order valence-electron chi connectivity index (χ4n) is 1.76. The van der Waals surface area contributed by atoms with Crippen LogP contribution in [0.25, 0.3) is 0 Å². The molecule has 1 aromatic rings. The van der Waals surface area contributed by atoms with Gasteiger partial charge >= 0.3 is 0 Å². The normalized spacial score (nSPS) is 10.6. The first-order valence-electron chi connectivity index (χ1n) is 6.40. The monoisotopic (exact) mass is 327 g/mol. The fraction of sp³-hybridized carbons (Fsp3) is 0.500. The van der Waals surface area contributed by atoms with Gasteiger partial charge in [-0.05, 0) is 29.7 Å². The minimum atomic E-state index is 0.0297. The number of likely N-dealkylation sites (N-methyl/N-ethyl adjacent to an activating group) is 1. The van der Waals surface area contributed by atoms with Gasteiger partial charge in [-0.15, -0.1) is 0 Å². The number of carbonyl (C=O) groups is 1. The quantitative estimate of drug-likeness (QED) is 0.841. The van der Waals surface area contributed by atoms with E-state index in [1.54, 1.807) is 0 Å². The lowest BCUT2D eigenvalue weighted by molar-refractivity contribution is -0.119. The lowest BCUT2D eigenvalue weighted by atomic mass is 10.1. The molecule has 19 heavy (non-hydrogen) atoms. The fourth-order valence-corrected chi connectivity index (χ4v) is 2.17. The van der Waals surface area contributed by atoms with Crippen molar-refractivity contribution in [2.45, 2.75) is 20.4 Å². The molecule has 0 atom stereocenters. The molecule has 1 aromatic carbocycles. The lowest BCUT2D eigenvalue weighted by Gasteiger charge is -2.22. The van der Waals surface area contributed by atoms with Crippen molar-refractivity contribution in [3.63, 3.8) is 0 Å². The van der Waals surface area contributed by atoms with E-state index in [0.717, 1.165) is 15.7 Å². The highest BCUT2D eigenvalue weighted by molar-refractivity contribution is 9.10. The molecule has 0 aliphatic carbocycles. The minimum absolute atomic E-state index is 0.0297. The second-order valence-electron chi connectivity index (χ2n) is 5.03. The Balaban J connectivity index is 2.67. The van der Waals surface area contributed by atoms with Gasteiger partial charge in [-0.3, -0.25) is 4.79 Å². The summed E-state index contributed by atoms with van der Waals surface area (Å²) in [5, 5.41) is 2.91. The number of anilines is 1. The zero-order valence-corrected chi connectivity index (χ0v) is 13.3. The van der Waals surface area contributed by atoms with Gasteiger partial charge in [-0.1, -0.05) is 29.8 Å². The molecule has 106 valence electrons. The Morgan fingerprint density at radius 2 is 2.16 bits per heavy atom. The van der Waals surface area contributed by atoms with E-state index in [1.165, 1.54) is 0 Å². The number of rotatable bonds is 6. The molecule has 0 aliphatic heterocycles. The van der Waals surface area contributed by atoms with Gasteiger partial charge in [0.15, 0.2) is 0 Å². The maximum atomic E-state index is 11.8. The van der Waals surface area contributed by atoms with Crippen LogP contribution >= 0.6 is 15.9 Å². The van der Waals surface area contributed by atoms with Crippen LogP contribution in [0.1, 0.15) is 19.4 Å². The van der Waals surface area contributed by atoms with Crippen LogP contribution in [0.4, 0.5) is 5.69 Å². The second kappa shape index (κ2) is 7.50. The van der Waals surface area contributed by atoms with Gasteiger partial charge in [0.1, 0.15) is 0 Å². The summed E-state index contributed by atoms with van der Waals surface area (Å²) >= 11 is 3.42. The standard InChI is InChI=1S/C14H22BrN3O/c1-10(2)8-17-14(19)9-18(3)13-5-4-12(15)6-11(13)7-16/h4-6,10H,7-9,16H2,1-3H3,(H,17,19). The van der Waals surface area contributed by atoms with Crippen molar-refractivity contribution < 1.29 is 4.79 Å². The molecule has 0 bridgehead atoms. The molecule has 0 heterocycles. The lowest BCUT2D eigenvalue weighted by Crippen LogP contribution is -2.37. The van der Waals surface area contributed by atoms with Crippen LogP contribution in [0.15, 0.2) is 22.7 Å². The van der Waals surface area contributed by atoms with Crippen molar-refractivity contribution in [1.82, 2.24) is 5.32 Å². The molecule has 1 amide bonds. The predicted octanol–water partition coefficient (Wildman–Crippen LogP) is 2.12. The Labute approximate surface area is 123 Å². The second-order valence-corrected chi connectivity index (χ2v) is 5.95. The van der Waals surface area contributed by atoms with E-state index in [9.17, 15) is 4.79 Å². The molecule has 0 fully saturated rings. The Morgan fingerprint density at radius 3 is 2.74 bits per heavy atom. The highest BCUT2D eigenvalue weighted by Gasteiger charge is 2.11. The average Bonchev–Trinajstić information content (AvgIpc) is 2.35. The van der Waals surface area contributed by atoms with Crippen LogP contribution in [0, 0.1) is 5.92 Å². The summed E-state index contributed by atoms with van der Waals surface area (Å²) in [6.45, 7) is 5.64. The molecule has 4 nitrogen and oxygen atoms in total. The predicted molar refractivity (Wildman–Crippen MR) is 83.2 cm³/mol. The summed E-state index contributed by atoms with van der Waals surface area (Å²) in [5.41, 5.74) is 7.75. The van der Waals surface area contributed by atoms with Gasteiger partial charge < -0.3 is 16.0 Å². The van der Waals surface area contributed by atoms with E-state index in [4.69, 9.17) is 5.73 Å². The van der Waals surface area contributed by atoms with Gasteiger partial charge in [0.25, 0.3) is 0 Å². The maximum Gasteiger partial charge on any atom is 0.239 e. The maximum absolute atomic E-state index is 11.8. The van der Waals surface area contributed by atoms with Gasteiger partial charge in [0, 0.05) is 30.3 Å². The van der Waals surface area contributed by atoms with Crippen LogP contribution in [-0.2, 0) is 11.3 Å². The van der Waals surface area contributed by atoms with E-state index >= 15 is 0 Å². The first kappa shape index (κ1) is 16.0. The van der Waals surface area contributed by atoms with Crippen LogP contribution in [0.2, 0.25) is 0 Å². The van der Waals surface area contributed by atoms with Gasteiger partial charge in [-0.2, -0.15) is 0 Å². The highest BCUT2D eigenvalue weighted by Crippen LogP contribution is 2.23. The Kier molecular flexibility index (Phi) is 6.31. The third-order valence-corrected chi connectivity index (χ3v) is 3.25. The summed E-state index contributed by atoms with van der Waals surface area (Å²) in [4.78, 5) is 13.7. The van der Waals surface area contributed by atoms with E-state index in [-0.39, 0.29) is 5.91 Å². The van der Waals surface area contributed by atoms with E-state index in [0.29, 0.717) is 25.6 Å². The number of amides is 1. The third kappa shape index (κ3) is 5.20. The van der Waals surface area contributed by atoms with Gasteiger partial charge in [0.2, 0.25) is 5.91 Å². The van der Waals surface area contributed by atoms with Crippen LogP contribution in [0.3, 0.4) is 0 Å². The van der Waals surface area contributed by atoms with E-state index in [1.807, 2.05) is 30.1 Å². The van der Waals surface area contributed by atoms with E-state index in [2.05, 4.69) is 35.1 Å². The van der Waals surface area contributed by atoms with Crippen LogP contribution in [0.5, 0.6) is 0 Å². The highest BCUT2D eigenvalue weighted by atomic mass is 79.9. The summed E-state index contributed by atoms with van der Waals surface area (Å²) < 4.78 is 0.995. The number of halogens is 1. The molecule has 0 aliphatic rings. The number of carbonyl (C=O) groups excluding carboxylic acids is 1. The molecule has 0 spiro atoms. The number of hydrogen-bond donors (Lipinski definition) is 2. The van der Waals surface area contributed by atoms with Crippen molar-refractivity contribution in [1.29, 1.82) is 0 Å². The first-order valence-corrected chi connectivity index (χ1v) is 7.19. The summed E-state index contributed by atoms with van der Waals surface area (Å²) in [7, 11) is 1.90. The molecule has 5 heteroatoms. The van der Waals surface area contributed by atoms with Crippen LogP contribution in [-0.4, -0.2) is 26.0 Å². The molecule has 1 rings (SSSR count). The van der Waals surface area contributed by atoms with E-state index < -0.39 is 0 Å². The van der Waals surface area contributed by atoms with Crippen molar-refractivity contribution in [2.75, 3.05) is 25.0 Å². The number of benzene rings is 1. The Bertz CT molecular complexity index is 435. The summed E-state index contributed by atoms with van der Waals surface area (Å²) in [5.74, 6) is 0.489. The SMILES string of the molecule is CC(C)CNC(=O)CN(C)c1ccc(Br)cc1CN. The smallest absolute Gasteiger partial charge is 0.239 e. The molecule has 3 N–H and O–H groups in total. The number of nitrogens with two attached hydrogens (primary N) is 1. The summed E-state index contributed by atoms with van der Waals surface area (Å²) in [6, 6.07) is 5.91. The number of nitrogens with zero attached hydrogens (tertiary/aromatic N) is 1. The largest absolute Gasteiger partial charge is 0.365 e. The molecular formula is C14H22BrN3O. The number of nitrogens with one attached hydrogen (secondary N) is 1. The molecule has 0 saturated heterocycles. The molecule has 0 saturated carbocycles. The topological polar surface area (TPSA) is 58.4 Å². The molecule has 0 unspecified atom stereocenters. The van der Waals surface area contributed by atoms with Crippen molar-refractivity contribution in [3.8, 4) is 0 Å². The third-order valence-electron chi connectivity index (χ3n) is 2.76. The minimum Gasteiger partial charge on any atom is -0.365 e. The van der Waals surface area contributed by atoms with Crippen molar-refractivity contribution in [3.05, 3.63) is 28.2 Å². The van der Waals surface area contributed by atoms with Gasteiger partial charge in [0.05, 0.1) is 6.54 Å². The van der Waals surface area contributed by atoms with Crippen LogP contribution < -0.4 is 16.0 Å². The van der Waals surface area contributed by atoms with Crippen molar-refractivity contribution >= 4 is 27.5 Å². The zero-order valence-electron chi connectivity index (χ0n) is 11.7. The van der Waals surface area contributed by atoms with Gasteiger partial charge in [-0.25, -0.2) is 0 Å². The summed E-state index contributed by atoms with van der Waals surface area (Å²) in [6.07, 6.45) is 0. The first-order chi connectivity index (χ1) is 8.93. The Morgan fingerprint density at radius 1 is 1.47 bits per heavy atom. The molecule has 0 aromatic heterocycles. The van der Waals surface area contributed by atoms with Crippen molar-refractivity contribution in [2.24, 2.45) is 11.7 Å².